The van der Waals surface area contributed by atoms with Gasteiger partial charge in [0.25, 0.3) is 0 Å². The Morgan fingerprint density at radius 1 is 1.42 bits per heavy atom. The molecule has 0 saturated carbocycles. The quantitative estimate of drug-likeness (QED) is 0.620. The van der Waals surface area contributed by atoms with E-state index in [1.54, 1.807) is 0 Å². The average molecular weight is 186 g/mol. The van der Waals surface area contributed by atoms with E-state index in [4.69, 9.17) is 0 Å². The molecule has 0 spiro atoms. The molecule has 1 aromatic rings. The highest BCUT2D eigenvalue weighted by atomic mass is 28.2. The Bertz CT molecular complexity index is 290. The molecular formula is C10H10Si2. The van der Waals surface area contributed by atoms with E-state index in [0.717, 1.165) is 0 Å². The Hall–Kier alpha value is -0.606. The lowest BCUT2D eigenvalue weighted by molar-refractivity contribution is 1.25. The summed E-state index contributed by atoms with van der Waals surface area (Å²) in [6.07, 6.45) is 1.87. The Labute approximate surface area is 80.5 Å². The van der Waals surface area contributed by atoms with Crippen LogP contribution in [0.2, 0.25) is 0 Å². The average Bonchev–Trinajstić information content (AvgIpc) is 2.03. The zero-order valence-electron chi connectivity index (χ0n) is 7.09. The van der Waals surface area contributed by atoms with E-state index < -0.39 is 0 Å². The summed E-state index contributed by atoms with van der Waals surface area (Å²) in [4.78, 5) is 0. The predicted octanol–water partition coefficient (Wildman–Crippen LogP) is 1.97. The Balaban J connectivity index is 3.29. The third kappa shape index (κ3) is 1.76. The van der Waals surface area contributed by atoms with Crippen LogP contribution >= 0.6 is 0 Å². The molecule has 1 aromatic carbocycles. The Morgan fingerprint density at radius 3 is 2.50 bits per heavy atom. The van der Waals surface area contributed by atoms with Gasteiger partial charge in [-0.25, -0.2) is 0 Å². The molecule has 0 aliphatic carbocycles. The van der Waals surface area contributed by atoms with E-state index in [9.17, 15) is 0 Å². The summed E-state index contributed by atoms with van der Waals surface area (Å²) in [5, 5.41) is 0.194. The van der Waals surface area contributed by atoms with Crippen molar-refractivity contribution in [3.8, 4) is 0 Å². The fourth-order valence-electron chi connectivity index (χ4n) is 1.28. The Kier molecular flexibility index (Phi) is 3.06. The van der Waals surface area contributed by atoms with Gasteiger partial charge in [-0.1, -0.05) is 30.9 Å². The summed E-state index contributed by atoms with van der Waals surface area (Å²) in [6, 6.07) is 6.19. The van der Waals surface area contributed by atoms with E-state index in [1.807, 2.05) is 12.1 Å². The minimum Gasteiger partial charge on any atom is -0.0985 e. The van der Waals surface area contributed by atoms with Gasteiger partial charge in [-0.3, -0.25) is 0 Å². The number of hydrogen-bond donors (Lipinski definition) is 0. The molecule has 2 heteroatoms. The van der Waals surface area contributed by atoms with E-state index in [0.29, 0.717) is 0 Å². The van der Waals surface area contributed by atoms with Crippen molar-refractivity contribution in [2.75, 3.05) is 0 Å². The van der Waals surface area contributed by atoms with Crippen LogP contribution in [0.25, 0.3) is 6.08 Å². The summed E-state index contributed by atoms with van der Waals surface area (Å²) < 4.78 is 0. The lowest BCUT2D eigenvalue weighted by Crippen LogP contribution is -2.02. The van der Waals surface area contributed by atoms with Crippen LogP contribution in [0.1, 0.15) is 21.9 Å². The third-order valence-electron chi connectivity index (χ3n) is 1.87. The first-order valence-electron chi connectivity index (χ1n) is 3.81. The van der Waals surface area contributed by atoms with Gasteiger partial charge in [0.15, 0.2) is 0 Å². The zero-order chi connectivity index (χ0) is 9.14. The van der Waals surface area contributed by atoms with Crippen molar-refractivity contribution in [1.29, 1.82) is 0 Å². The van der Waals surface area contributed by atoms with Crippen molar-refractivity contribution in [2.24, 2.45) is 0 Å². The second-order valence-electron chi connectivity index (χ2n) is 2.71. The van der Waals surface area contributed by atoms with Gasteiger partial charge >= 0.3 is 0 Å². The van der Waals surface area contributed by atoms with Crippen molar-refractivity contribution in [2.45, 2.75) is 12.1 Å². The van der Waals surface area contributed by atoms with Crippen LogP contribution < -0.4 is 0 Å². The molecule has 0 N–H and O–H groups in total. The minimum atomic E-state index is 0.194. The zero-order valence-corrected chi connectivity index (χ0v) is 9.09. The molecule has 0 unspecified atom stereocenters. The fourth-order valence-corrected chi connectivity index (χ4v) is 2.06. The molecule has 0 bridgehead atoms. The first-order chi connectivity index (χ1) is 5.66. The van der Waals surface area contributed by atoms with Crippen LogP contribution in [0, 0.1) is 6.92 Å². The van der Waals surface area contributed by atoms with Crippen LogP contribution in [0.5, 0.6) is 0 Å². The minimum absolute atomic E-state index is 0.194. The number of aryl methyl sites for hydroxylation is 1. The molecule has 58 valence electrons. The second kappa shape index (κ2) is 3.87. The lowest BCUT2D eigenvalue weighted by atomic mass is 10.0. The highest BCUT2D eigenvalue weighted by Crippen LogP contribution is 2.20. The molecule has 0 fully saturated rings. The van der Waals surface area contributed by atoms with Gasteiger partial charge in [0.05, 0.1) is 0 Å². The van der Waals surface area contributed by atoms with E-state index >= 15 is 0 Å². The standard InChI is InChI=1S/C10H10Si2/c1-3-8-6-4-5-7(2)9(8)10(11)12/h3-6,10H,1H2,2H3. The topological polar surface area (TPSA) is 0 Å². The van der Waals surface area contributed by atoms with Gasteiger partial charge in [0.2, 0.25) is 0 Å². The largest absolute Gasteiger partial charge is 0.0985 e. The molecule has 1 rings (SSSR count). The summed E-state index contributed by atoms with van der Waals surface area (Å²) in [7, 11) is 7.08. The van der Waals surface area contributed by atoms with Gasteiger partial charge in [-0.2, -0.15) is 0 Å². The molecular weight excluding hydrogens is 176 g/mol. The first kappa shape index (κ1) is 9.48. The summed E-state index contributed by atoms with van der Waals surface area (Å²) in [5.41, 5.74) is 3.69. The molecule has 0 nitrogen and oxygen atoms in total. The van der Waals surface area contributed by atoms with Crippen molar-refractivity contribution in [1.82, 2.24) is 0 Å². The van der Waals surface area contributed by atoms with Gasteiger partial charge in [0.1, 0.15) is 0 Å². The summed E-state index contributed by atoms with van der Waals surface area (Å²) >= 11 is 0. The van der Waals surface area contributed by atoms with Gasteiger partial charge in [-0.15, -0.1) is 0 Å². The van der Waals surface area contributed by atoms with Crippen LogP contribution in [0.4, 0.5) is 0 Å². The predicted molar refractivity (Wildman–Crippen MR) is 55.5 cm³/mol. The van der Waals surface area contributed by atoms with Crippen molar-refractivity contribution in [3.63, 3.8) is 0 Å². The van der Waals surface area contributed by atoms with E-state index in [1.165, 1.54) is 16.7 Å². The van der Waals surface area contributed by atoms with E-state index in [-0.39, 0.29) is 5.16 Å². The third-order valence-corrected chi connectivity index (χ3v) is 2.44. The fraction of sp³-hybridized carbons (Fsp3) is 0.200. The molecule has 12 heavy (non-hydrogen) atoms. The lowest BCUT2D eigenvalue weighted by Gasteiger charge is -2.12. The monoisotopic (exact) mass is 186 g/mol. The molecule has 0 aromatic heterocycles. The first-order valence-corrected chi connectivity index (χ1v) is 4.96. The summed E-state index contributed by atoms with van der Waals surface area (Å²) in [6.45, 7) is 5.86. The van der Waals surface area contributed by atoms with Gasteiger partial charge in [0, 0.05) is 20.5 Å². The van der Waals surface area contributed by atoms with Gasteiger partial charge in [-0.05, 0) is 28.8 Å². The van der Waals surface area contributed by atoms with Crippen LogP contribution in [-0.2, 0) is 0 Å². The number of rotatable bonds is 2. The molecule has 0 amide bonds. The highest BCUT2D eigenvalue weighted by molar-refractivity contribution is 6.36. The second-order valence-corrected chi connectivity index (χ2v) is 4.45. The van der Waals surface area contributed by atoms with Gasteiger partial charge < -0.3 is 0 Å². The molecule has 6 radical (unpaired) electrons. The summed E-state index contributed by atoms with van der Waals surface area (Å²) in [5.74, 6) is 0. The maximum atomic E-state index is 3.77. The Morgan fingerprint density at radius 2 is 2.08 bits per heavy atom. The highest BCUT2D eigenvalue weighted by Gasteiger charge is 2.06. The maximum Gasteiger partial charge on any atom is 0.0280 e. The number of benzene rings is 1. The van der Waals surface area contributed by atoms with E-state index in [2.05, 4.69) is 46.1 Å². The molecule has 0 aliphatic rings. The van der Waals surface area contributed by atoms with Crippen molar-refractivity contribution in [3.05, 3.63) is 41.5 Å². The molecule has 0 aliphatic heterocycles. The van der Waals surface area contributed by atoms with Crippen molar-refractivity contribution >= 4 is 26.6 Å². The van der Waals surface area contributed by atoms with Crippen LogP contribution in [0.15, 0.2) is 24.8 Å². The SMILES string of the molecule is C=Cc1cccc(C)c1C([Si])[Si]. The number of hydrogen-bond acceptors (Lipinski definition) is 0. The molecule has 0 heterocycles. The van der Waals surface area contributed by atoms with Crippen LogP contribution in [-0.4, -0.2) is 20.5 Å². The van der Waals surface area contributed by atoms with Crippen molar-refractivity contribution < 1.29 is 0 Å². The molecule has 0 saturated heterocycles. The smallest absolute Gasteiger partial charge is 0.0280 e. The normalized spacial score (nSPS) is 10.3. The van der Waals surface area contributed by atoms with Crippen LogP contribution in [0.3, 0.4) is 0 Å². The molecule has 0 atom stereocenters. The maximum absolute atomic E-state index is 3.77.